The van der Waals surface area contributed by atoms with Crippen molar-refractivity contribution in [3.63, 3.8) is 0 Å². The molecule has 20 heavy (non-hydrogen) atoms. The highest BCUT2D eigenvalue weighted by Crippen LogP contribution is 2.26. The molecule has 0 aliphatic carbocycles. The number of nitrogens with zero attached hydrogens (tertiary/aromatic N) is 1. The van der Waals surface area contributed by atoms with Crippen LogP contribution in [0.15, 0.2) is 5.38 Å². The molecular weight excluding hydrogens is 293 g/mol. The van der Waals surface area contributed by atoms with Crippen LogP contribution in [-0.4, -0.2) is 44.1 Å². The summed E-state index contributed by atoms with van der Waals surface area (Å²) in [6.45, 7) is -0.376. The van der Waals surface area contributed by atoms with E-state index in [9.17, 15) is 13.2 Å². The van der Waals surface area contributed by atoms with E-state index < -0.39 is 12.8 Å². The standard InChI is InChI=1S/C12H17F3N2O2S/c1-18-8-4-9(16-5-8)10-6-20-11(17-10)2-3-19-7-12(13,14)15/h6,8-9,16H,2-5,7H2,1H3. The van der Waals surface area contributed by atoms with E-state index in [0.29, 0.717) is 6.42 Å². The summed E-state index contributed by atoms with van der Waals surface area (Å²) < 4.78 is 45.6. The average molecular weight is 310 g/mol. The number of nitrogens with one attached hydrogen (secondary N) is 1. The topological polar surface area (TPSA) is 43.4 Å². The lowest BCUT2D eigenvalue weighted by atomic mass is 10.1. The molecule has 8 heteroatoms. The number of aromatic nitrogens is 1. The zero-order valence-corrected chi connectivity index (χ0v) is 11.9. The van der Waals surface area contributed by atoms with Crippen LogP contribution in [0, 0.1) is 0 Å². The third-order valence-corrected chi connectivity index (χ3v) is 4.00. The van der Waals surface area contributed by atoms with E-state index in [0.717, 1.165) is 23.7 Å². The Morgan fingerprint density at radius 2 is 2.30 bits per heavy atom. The Kier molecular flexibility index (Phi) is 5.36. The molecule has 0 spiro atoms. The Morgan fingerprint density at radius 3 is 2.95 bits per heavy atom. The van der Waals surface area contributed by atoms with Crippen molar-refractivity contribution in [3.8, 4) is 0 Å². The summed E-state index contributed by atoms with van der Waals surface area (Å²) in [5.41, 5.74) is 0.931. The molecule has 2 unspecified atom stereocenters. The van der Waals surface area contributed by atoms with Gasteiger partial charge in [-0.05, 0) is 6.42 Å². The zero-order valence-electron chi connectivity index (χ0n) is 11.1. The van der Waals surface area contributed by atoms with E-state index in [-0.39, 0.29) is 18.8 Å². The van der Waals surface area contributed by atoms with Gasteiger partial charge < -0.3 is 14.8 Å². The van der Waals surface area contributed by atoms with Crippen molar-refractivity contribution < 1.29 is 22.6 Å². The van der Waals surface area contributed by atoms with Crippen LogP contribution in [0.5, 0.6) is 0 Å². The maximum Gasteiger partial charge on any atom is 0.411 e. The first-order chi connectivity index (χ1) is 9.48. The van der Waals surface area contributed by atoms with Crippen LogP contribution < -0.4 is 5.32 Å². The van der Waals surface area contributed by atoms with Gasteiger partial charge in [0.05, 0.1) is 29.5 Å². The van der Waals surface area contributed by atoms with E-state index in [1.165, 1.54) is 11.3 Å². The minimum atomic E-state index is -4.27. The lowest BCUT2D eigenvalue weighted by Gasteiger charge is -2.07. The van der Waals surface area contributed by atoms with Gasteiger partial charge in [0.25, 0.3) is 0 Å². The largest absolute Gasteiger partial charge is 0.411 e. The monoisotopic (exact) mass is 310 g/mol. The van der Waals surface area contributed by atoms with Crippen LogP contribution in [0.2, 0.25) is 0 Å². The summed E-state index contributed by atoms with van der Waals surface area (Å²) in [4.78, 5) is 4.43. The van der Waals surface area contributed by atoms with Crippen LogP contribution in [0.1, 0.15) is 23.2 Å². The number of hydrogen-bond donors (Lipinski definition) is 1. The number of halogens is 3. The molecule has 1 aromatic rings. The summed E-state index contributed by atoms with van der Waals surface area (Å²) in [6, 6.07) is 0.168. The lowest BCUT2D eigenvalue weighted by Crippen LogP contribution is -2.18. The third-order valence-electron chi connectivity index (χ3n) is 3.08. The maximum atomic E-state index is 11.9. The quantitative estimate of drug-likeness (QED) is 0.819. The highest BCUT2D eigenvalue weighted by molar-refractivity contribution is 7.09. The minimum Gasteiger partial charge on any atom is -0.380 e. The molecule has 2 rings (SSSR count). The van der Waals surface area contributed by atoms with Gasteiger partial charge in [0.15, 0.2) is 0 Å². The Bertz CT molecular complexity index is 425. The van der Waals surface area contributed by atoms with Gasteiger partial charge in [0.1, 0.15) is 6.61 Å². The van der Waals surface area contributed by atoms with Crippen molar-refractivity contribution >= 4 is 11.3 Å². The molecule has 0 aromatic carbocycles. The van der Waals surface area contributed by atoms with Crippen LogP contribution in [0.25, 0.3) is 0 Å². The molecular formula is C12H17F3N2O2S. The van der Waals surface area contributed by atoms with Crippen LogP contribution >= 0.6 is 11.3 Å². The lowest BCUT2D eigenvalue weighted by molar-refractivity contribution is -0.173. The first-order valence-electron chi connectivity index (χ1n) is 6.33. The Labute approximate surface area is 119 Å². The predicted molar refractivity (Wildman–Crippen MR) is 68.8 cm³/mol. The molecule has 2 atom stereocenters. The first-order valence-corrected chi connectivity index (χ1v) is 7.21. The van der Waals surface area contributed by atoms with E-state index in [1.54, 1.807) is 7.11 Å². The molecule has 1 N–H and O–H groups in total. The predicted octanol–water partition coefficient (Wildman–Crippen LogP) is 2.31. The summed E-state index contributed by atoms with van der Waals surface area (Å²) in [7, 11) is 1.68. The second kappa shape index (κ2) is 6.84. The zero-order chi connectivity index (χ0) is 14.6. The van der Waals surface area contributed by atoms with Gasteiger partial charge in [0.2, 0.25) is 0 Å². The molecule has 1 saturated heterocycles. The summed E-state index contributed by atoms with van der Waals surface area (Å²) in [5, 5.41) is 6.05. The van der Waals surface area contributed by atoms with Gasteiger partial charge in [-0.15, -0.1) is 11.3 Å². The molecule has 4 nitrogen and oxygen atoms in total. The summed E-state index contributed by atoms with van der Waals surface area (Å²) >= 11 is 1.45. The van der Waals surface area contributed by atoms with Crippen molar-refractivity contribution in [2.75, 3.05) is 26.9 Å². The molecule has 1 aliphatic heterocycles. The number of methoxy groups -OCH3 is 1. The first kappa shape index (κ1) is 15.7. The van der Waals surface area contributed by atoms with E-state index >= 15 is 0 Å². The van der Waals surface area contributed by atoms with Crippen molar-refractivity contribution in [3.05, 3.63) is 16.1 Å². The molecule has 0 radical (unpaired) electrons. The normalized spacial score (nSPS) is 23.4. The van der Waals surface area contributed by atoms with E-state index in [4.69, 9.17) is 4.74 Å². The Hall–Kier alpha value is -0.700. The van der Waals surface area contributed by atoms with E-state index in [1.807, 2.05) is 5.38 Å². The van der Waals surface area contributed by atoms with Crippen LogP contribution in [-0.2, 0) is 15.9 Å². The van der Waals surface area contributed by atoms with E-state index in [2.05, 4.69) is 15.0 Å². The second-order valence-electron chi connectivity index (χ2n) is 4.64. The van der Waals surface area contributed by atoms with Crippen molar-refractivity contribution in [2.24, 2.45) is 0 Å². The molecule has 0 saturated carbocycles. The molecule has 1 aliphatic rings. The van der Waals surface area contributed by atoms with Crippen LogP contribution in [0.3, 0.4) is 0 Å². The second-order valence-corrected chi connectivity index (χ2v) is 5.58. The van der Waals surface area contributed by atoms with Crippen molar-refractivity contribution in [1.82, 2.24) is 10.3 Å². The van der Waals surface area contributed by atoms with Crippen molar-refractivity contribution in [2.45, 2.75) is 31.2 Å². The Balaban J connectivity index is 1.75. The third kappa shape index (κ3) is 4.69. The number of hydrogen-bond acceptors (Lipinski definition) is 5. The fourth-order valence-corrected chi connectivity index (χ4v) is 2.89. The van der Waals surface area contributed by atoms with Gasteiger partial charge in [-0.2, -0.15) is 13.2 Å². The highest BCUT2D eigenvalue weighted by Gasteiger charge is 2.28. The van der Waals surface area contributed by atoms with Crippen molar-refractivity contribution in [1.29, 1.82) is 0 Å². The van der Waals surface area contributed by atoms with Crippen LogP contribution in [0.4, 0.5) is 13.2 Å². The number of ether oxygens (including phenoxy) is 2. The number of alkyl halides is 3. The van der Waals surface area contributed by atoms with Gasteiger partial charge in [0, 0.05) is 25.5 Å². The molecule has 114 valence electrons. The summed E-state index contributed by atoms with van der Waals surface area (Å²) in [5.74, 6) is 0. The molecule has 0 bridgehead atoms. The number of rotatable bonds is 6. The smallest absolute Gasteiger partial charge is 0.380 e. The molecule has 1 aromatic heterocycles. The van der Waals surface area contributed by atoms with Gasteiger partial charge in [-0.1, -0.05) is 0 Å². The number of thiazole rings is 1. The molecule has 2 heterocycles. The molecule has 1 fully saturated rings. The van der Waals surface area contributed by atoms with Gasteiger partial charge in [-0.25, -0.2) is 4.98 Å². The molecule has 0 amide bonds. The highest BCUT2D eigenvalue weighted by atomic mass is 32.1. The van der Waals surface area contributed by atoms with Gasteiger partial charge in [-0.3, -0.25) is 0 Å². The van der Waals surface area contributed by atoms with Gasteiger partial charge >= 0.3 is 6.18 Å². The summed E-state index contributed by atoms with van der Waals surface area (Å²) in [6.07, 6.45) is -2.80. The average Bonchev–Trinajstić information content (AvgIpc) is 3.02. The Morgan fingerprint density at radius 1 is 1.50 bits per heavy atom. The minimum absolute atomic E-state index is 0.0330. The SMILES string of the molecule is COC1CNC(c2csc(CCOCC(F)(F)F)n2)C1. The maximum absolute atomic E-state index is 11.9. The fourth-order valence-electron chi connectivity index (χ4n) is 2.06. The fraction of sp³-hybridized carbons (Fsp3) is 0.750.